The van der Waals surface area contributed by atoms with Crippen molar-refractivity contribution < 1.29 is 38.9 Å². The fourth-order valence-corrected chi connectivity index (χ4v) is 6.83. The highest BCUT2D eigenvalue weighted by Crippen LogP contribution is 2.40. The lowest BCUT2D eigenvalue weighted by molar-refractivity contribution is -0.172. The lowest BCUT2D eigenvalue weighted by Crippen LogP contribution is -2.55. The number of aromatic nitrogens is 2. The molecule has 0 radical (unpaired) electrons. The smallest absolute Gasteiger partial charge is 0.415 e. The predicted octanol–water partition coefficient (Wildman–Crippen LogP) is 2.10. The van der Waals surface area contributed by atoms with Gasteiger partial charge in [-0.25, -0.2) is 19.4 Å². The number of carbonyl (C=O) groups excluding carboxylic acids is 4. The van der Waals surface area contributed by atoms with Crippen molar-refractivity contribution >= 4 is 34.9 Å². The van der Waals surface area contributed by atoms with Crippen molar-refractivity contribution in [1.29, 1.82) is 0 Å². The number of benzene rings is 1. The molecule has 5 rings (SSSR count). The van der Waals surface area contributed by atoms with Gasteiger partial charge in [-0.15, -0.1) is 0 Å². The Balaban J connectivity index is 1.24. The van der Waals surface area contributed by atoms with Crippen LogP contribution in [0.15, 0.2) is 29.1 Å². The molecule has 0 bridgehead atoms. The van der Waals surface area contributed by atoms with Gasteiger partial charge >= 0.3 is 18.1 Å². The maximum Gasteiger partial charge on any atom is 0.415 e. The Kier molecular flexibility index (Phi) is 12.4. The number of cyclic esters (lactones) is 1. The second kappa shape index (κ2) is 16.7. The highest BCUT2D eigenvalue weighted by molar-refractivity contribution is 5.90. The third-order valence-corrected chi connectivity index (χ3v) is 9.88. The van der Waals surface area contributed by atoms with Gasteiger partial charge in [0.05, 0.1) is 41.5 Å². The molecular formula is C37H49N7O9. The van der Waals surface area contributed by atoms with Gasteiger partial charge in [0.25, 0.3) is 5.56 Å². The van der Waals surface area contributed by atoms with Crippen molar-refractivity contribution in [2.24, 2.45) is 5.73 Å². The van der Waals surface area contributed by atoms with Gasteiger partial charge in [-0.3, -0.25) is 14.9 Å². The van der Waals surface area contributed by atoms with E-state index < -0.39 is 41.9 Å². The quantitative estimate of drug-likeness (QED) is 0.0555. The van der Waals surface area contributed by atoms with Crippen LogP contribution in [-0.4, -0.2) is 87.6 Å². The number of amides is 4. The number of likely N-dealkylation sites (N-methyl/N-ethyl adjacent to an activating group) is 1. The third-order valence-electron chi connectivity index (χ3n) is 9.88. The van der Waals surface area contributed by atoms with Crippen LogP contribution in [-0.2, 0) is 39.5 Å². The van der Waals surface area contributed by atoms with E-state index >= 15 is 0 Å². The van der Waals surface area contributed by atoms with E-state index in [1.165, 1.54) is 11.9 Å². The number of unbranched alkanes of at least 4 members (excludes halogenated alkanes) is 3. The number of nitrogens with two attached hydrogens (primary N) is 1. The van der Waals surface area contributed by atoms with E-state index in [4.69, 9.17) is 20.2 Å². The number of aliphatic hydroxyl groups excluding tert-OH is 1. The van der Waals surface area contributed by atoms with Crippen LogP contribution >= 0.6 is 0 Å². The second-order valence-corrected chi connectivity index (χ2v) is 13.5. The zero-order chi connectivity index (χ0) is 38.4. The van der Waals surface area contributed by atoms with Crippen LogP contribution in [0.3, 0.4) is 0 Å². The summed E-state index contributed by atoms with van der Waals surface area (Å²) in [7, 11) is 1.53. The van der Waals surface area contributed by atoms with E-state index in [2.05, 4.69) is 22.9 Å². The summed E-state index contributed by atoms with van der Waals surface area (Å²) >= 11 is 0. The van der Waals surface area contributed by atoms with Crippen LogP contribution in [0.1, 0.15) is 81.5 Å². The Morgan fingerprint density at radius 3 is 2.58 bits per heavy atom. The fraction of sp³-hybridized carbons (Fsp3) is 0.514. The molecule has 2 aromatic heterocycles. The molecule has 0 fully saturated rings. The number of urea groups is 1. The average molecular weight is 736 g/mol. The summed E-state index contributed by atoms with van der Waals surface area (Å²) in [5.74, 6) is -1.21. The first-order valence-electron chi connectivity index (χ1n) is 18.1. The van der Waals surface area contributed by atoms with Gasteiger partial charge in [-0.1, -0.05) is 40.0 Å². The molecule has 3 atom stereocenters. The standard InChI is InChI=1S/C37H49N7O9/c1-5-8-9-10-13-40-35(49)42-28(18-30(38)45)32(46)39-14-15-43(4)36(50)53-21-11-12-27-23(16-21)22(6-2)24-19-44-29(31(24)41-27)17-26-25(33(44)47)20-52-34(48)37(26,51)7-3/h11-12,16-17,28,32,39,46,51H,5-10,13-15,18-20H2,1-4H3,(H2,38,45)(H2,40,42,49)/t28-,32?,37+/m1/s1. The number of pyridine rings is 2. The molecular weight excluding hydrogens is 686 g/mol. The van der Waals surface area contributed by atoms with Crippen molar-refractivity contribution in [3.8, 4) is 17.1 Å². The maximum atomic E-state index is 13.6. The molecule has 53 heavy (non-hydrogen) atoms. The molecule has 4 amide bonds. The molecule has 3 aromatic rings. The largest absolute Gasteiger partial charge is 0.458 e. The summed E-state index contributed by atoms with van der Waals surface area (Å²) < 4.78 is 12.4. The van der Waals surface area contributed by atoms with Crippen molar-refractivity contribution in [3.63, 3.8) is 0 Å². The first-order chi connectivity index (χ1) is 25.3. The lowest BCUT2D eigenvalue weighted by atomic mass is 9.86. The normalized spacial score (nSPS) is 16.9. The number of hydrogen-bond acceptors (Lipinski definition) is 11. The molecule has 0 saturated heterocycles. The molecule has 2 aliphatic heterocycles. The van der Waals surface area contributed by atoms with Crippen LogP contribution in [0, 0.1) is 0 Å². The summed E-state index contributed by atoms with van der Waals surface area (Å²) in [4.78, 5) is 69.3. The van der Waals surface area contributed by atoms with Gasteiger partial charge in [0.1, 0.15) is 18.6 Å². The maximum absolute atomic E-state index is 13.6. The van der Waals surface area contributed by atoms with Crippen LogP contribution in [0.5, 0.6) is 5.75 Å². The van der Waals surface area contributed by atoms with Crippen molar-refractivity contribution in [1.82, 2.24) is 30.4 Å². The molecule has 2 aliphatic rings. The highest BCUT2D eigenvalue weighted by Gasteiger charge is 2.45. The second-order valence-electron chi connectivity index (χ2n) is 13.5. The number of ether oxygens (including phenoxy) is 2. The lowest BCUT2D eigenvalue weighted by Gasteiger charge is -2.31. The number of esters is 1. The molecule has 0 saturated carbocycles. The Labute approximate surface area is 307 Å². The third kappa shape index (κ3) is 8.29. The number of primary amides is 1. The summed E-state index contributed by atoms with van der Waals surface area (Å²) in [6, 6.07) is 5.22. The molecule has 1 unspecified atom stereocenters. The summed E-state index contributed by atoms with van der Waals surface area (Å²) in [5, 5.41) is 30.7. The number of nitrogens with zero attached hydrogens (tertiary/aromatic N) is 3. The summed E-state index contributed by atoms with van der Waals surface area (Å²) in [6.45, 7) is 6.44. The van der Waals surface area contributed by atoms with E-state index in [-0.39, 0.29) is 61.5 Å². The zero-order valence-corrected chi connectivity index (χ0v) is 30.6. The Morgan fingerprint density at radius 2 is 1.89 bits per heavy atom. The SMILES string of the molecule is CCCCCCNC(=O)N[C@H](CC(N)=O)C(O)NCCN(C)C(=O)Oc1ccc2nc3c(c(CC)c2c1)Cn1c-3cc2c(c1=O)COC(=O)[C@]2(O)CC. The first-order valence-corrected chi connectivity index (χ1v) is 18.1. The first kappa shape index (κ1) is 39.2. The number of nitrogens with one attached hydrogen (secondary N) is 3. The molecule has 1 aromatic carbocycles. The van der Waals surface area contributed by atoms with E-state index in [0.29, 0.717) is 29.9 Å². The number of carbonyl (C=O) groups is 4. The van der Waals surface area contributed by atoms with Crippen molar-refractivity contribution in [3.05, 3.63) is 56.9 Å². The molecule has 7 N–H and O–H groups in total. The highest BCUT2D eigenvalue weighted by atomic mass is 16.6. The average Bonchev–Trinajstić information content (AvgIpc) is 3.50. The minimum absolute atomic E-state index is 0.0451. The van der Waals surface area contributed by atoms with Crippen LogP contribution in [0.4, 0.5) is 9.59 Å². The van der Waals surface area contributed by atoms with Gasteiger partial charge in [-0.05, 0) is 49.1 Å². The van der Waals surface area contributed by atoms with E-state index in [1.54, 1.807) is 35.8 Å². The number of fused-ring (bicyclic) bond motifs is 5. The minimum atomic E-state index is -1.92. The van der Waals surface area contributed by atoms with Gasteiger partial charge < -0.3 is 45.5 Å². The molecule has 4 heterocycles. The summed E-state index contributed by atoms with van der Waals surface area (Å²) in [5.41, 5.74) is 7.00. The zero-order valence-electron chi connectivity index (χ0n) is 30.6. The van der Waals surface area contributed by atoms with Crippen LogP contribution in [0.2, 0.25) is 0 Å². The molecule has 0 aliphatic carbocycles. The van der Waals surface area contributed by atoms with E-state index in [0.717, 1.165) is 42.2 Å². The monoisotopic (exact) mass is 735 g/mol. The molecule has 286 valence electrons. The van der Waals surface area contributed by atoms with Crippen LogP contribution < -0.4 is 32.0 Å². The van der Waals surface area contributed by atoms with E-state index in [1.807, 2.05) is 6.92 Å². The number of aryl methyl sites for hydroxylation is 1. The Hall–Kier alpha value is -5.06. The van der Waals surface area contributed by atoms with E-state index in [9.17, 15) is 34.2 Å². The predicted molar refractivity (Wildman–Crippen MR) is 195 cm³/mol. The number of rotatable bonds is 16. The van der Waals surface area contributed by atoms with Gasteiger partial charge in [0.15, 0.2) is 5.60 Å². The summed E-state index contributed by atoms with van der Waals surface area (Å²) in [6.07, 6.45) is 2.29. The van der Waals surface area contributed by atoms with Crippen LogP contribution in [0.25, 0.3) is 22.3 Å². The molecule has 16 heteroatoms. The number of hydrogen-bond donors (Lipinski definition) is 6. The van der Waals surface area contributed by atoms with Gasteiger partial charge in [-0.2, -0.15) is 0 Å². The van der Waals surface area contributed by atoms with Gasteiger partial charge in [0.2, 0.25) is 5.91 Å². The minimum Gasteiger partial charge on any atom is -0.458 e. The van der Waals surface area contributed by atoms with Crippen molar-refractivity contribution in [2.45, 2.75) is 96.7 Å². The Morgan fingerprint density at radius 1 is 1.11 bits per heavy atom. The fourth-order valence-electron chi connectivity index (χ4n) is 6.83. The Bertz CT molecular complexity index is 1950. The van der Waals surface area contributed by atoms with Gasteiger partial charge in [0, 0.05) is 43.2 Å². The topological polar surface area (TPSA) is 227 Å². The molecule has 16 nitrogen and oxygen atoms in total. The molecule has 0 spiro atoms. The van der Waals surface area contributed by atoms with Crippen molar-refractivity contribution in [2.75, 3.05) is 26.7 Å². The number of aliphatic hydroxyl groups is 2.